The van der Waals surface area contributed by atoms with E-state index in [1.54, 1.807) is 7.05 Å². The lowest BCUT2D eigenvalue weighted by Crippen LogP contribution is -2.50. The minimum absolute atomic E-state index is 0.118. The van der Waals surface area contributed by atoms with Crippen LogP contribution in [0, 0.1) is 22.2 Å². The van der Waals surface area contributed by atoms with E-state index in [1.165, 1.54) is 19.3 Å². The largest absolute Gasteiger partial charge is 0.359 e. The van der Waals surface area contributed by atoms with E-state index in [0.717, 1.165) is 12.5 Å². The van der Waals surface area contributed by atoms with E-state index in [4.69, 9.17) is 0 Å². The van der Waals surface area contributed by atoms with E-state index in [0.29, 0.717) is 16.9 Å². The van der Waals surface area contributed by atoms with Crippen LogP contribution in [0.15, 0.2) is 0 Å². The number of amides is 1. The van der Waals surface area contributed by atoms with Gasteiger partial charge >= 0.3 is 0 Å². The second-order valence-corrected chi connectivity index (χ2v) is 8.01. The van der Waals surface area contributed by atoms with Crippen LogP contribution in [-0.2, 0) is 4.79 Å². The fourth-order valence-electron chi connectivity index (χ4n) is 4.31. The van der Waals surface area contributed by atoms with Gasteiger partial charge in [0.05, 0.1) is 5.41 Å². The molecule has 19 heavy (non-hydrogen) atoms. The molecule has 2 fully saturated rings. The van der Waals surface area contributed by atoms with Gasteiger partial charge in [-0.3, -0.25) is 4.79 Å². The third-order valence-corrected chi connectivity index (χ3v) is 6.43. The minimum Gasteiger partial charge on any atom is -0.359 e. The first kappa shape index (κ1) is 14.8. The summed E-state index contributed by atoms with van der Waals surface area (Å²) in [6, 6.07) is 0.560. The molecular weight excluding hydrogens is 236 g/mol. The van der Waals surface area contributed by atoms with E-state index in [1.807, 2.05) is 13.8 Å². The molecule has 2 rings (SSSR count). The van der Waals surface area contributed by atoms with Crippen molar-refractivity contribution in [3.8, 4) is 0 Å². The van der Waals surface area contributed by atoms with Crippen LogP contribution in [0.1, 0.15) is 53.9 Å². The molecule has 3 nitrogen and oxygen atoms in total. The Kier molecular flexibility index (Phi) is 3.49. The maximum absolute atomic E-state index is 11.9. The molecule has 2 bridgehead atoms. The van der Waals surface area contributed by atoms with Crippen LogP contribution in [0.2, 0.25) is 0 Å². The maximum atomic E-state index is 11.9. The second kappa shape index (κ2) is 4.47. The Balaban J connectivity index is 2.01. The zero-order valence-corrected chi connectivity index (χ0v) is 13.4. The molecule has 0 aromatic heterocycles. The first-order valence-electron chi connectivity index (χ1n) is 7.61. The van der Waals surface area contributed by atoms with Crippen LogP contribution in [-0.4, -0.2) is 25.5 Å². The van der Waals surface area contributed by atoms with Gasteiger partial charge < -0.3 is 10.6 Å². The number of nitrogens with one attached hydrogen (secondary N) is 2. The first-order valence-corrected chi connectivity index (χ1v) is 7.61. The lowest BCUT2D eigenvalue weighted by molar-refractivity contribution is -0.128. The normalized spacial score (nSPS) is 36.5. The Morgan fingerprint density at radius 1 is 1.32 bits per heavy atom. The molecule has 3 atom stereocenters. The quantitative estimate of drug-likeness (QED) is 0.821. The van der Waals surface area contributed by atoms with Gasteiger partial charge in [0.25, 0.3) is 0 Å². The van der Waals surface area contributed by atoms with Gasteiger partial charge in [0, 0.05) is 19.6 Å². The molecule has 2 aliphatic rings. The Bertz CT molecular complexity index is 375. The number of carbonyl (C=O) groups excluding carboxylic acids is 1. The summed E-state index contributed by atoms with van der Waals surface area (Å²) in [5.41, 5.74) is 0.481. The van der Waals surface area contributed by atoms with Crippen molar-refractivity contribution < 1.29 is 4.79 Å². The SMILES string of the molecule is CNC(=O)C(C)(C)CNC1CC2CCC1(C)C2(C)C. The summed E-state index contributed by atoms with van der Waals surface area (Å²) in [7, 11) is 1.71. The summed E-state index contributed by atoms with van der Waals surface area (Å²) in [6.07, 6.45) is 3.97. The number of rotatable bonds is 4. The summed E-state index contributed by atoms with van der Waals surface area (Å²) in [4.78, 5) is 11.9. The van der Waals surface area contributed by atoms with Gasteiger partial charge in [-0.15, -0.1) is 0 Å². The van der Waals surface area contributed by atoms with E-state index in [-0.39, 0.29) is 11.3 Å². The number of hydrogen-bond donors (Lipinski definition) is 2. The summed E-state index contributed by atoms with van der Waals surface area (Å²) < 4.78 is 0. The Morgan fingerprint density at radius 3 is 2.37 bits per heavy atom. The van der Waals surface area contributed by atoms with Gasteiger partial charge in [0.1, 0.15) is 0 Å². The Morgan fingerprint density at radius 2 is 1.95 bits per heavy atom. The van der Waals surface area contributed by atoms with Crippen LogP contribution >= 0.6 is 0 Å². The molecule has 0 radical (unpaired) electrons. The average Bonchev–Trinajstić information content (AvgIpc) is 2.67. The van der Waals surface area contributed by atoms with E-state index in [2.05, 4.69) is 31.4 Å². The van der Waals surface area contributed by atoms with Gasteiger partial charge in [-0.25, -0.2) is 0 Å². The monoisotopic (exact) mass is 266 g/mol. The lowest BCUT2D eigenvalue weighted by Gasteiger charge is -2.40. The van der Waals surface area contributed by atoms with E-state index in [9.17, 15) is 4.79 Å². The highest BCUT2D eigenvalue weighted by molar-refractivity contribution is 5.81. The van der Waals surface area contributed by atoms with E-state index < -0.39 is 0 Å². The van der Waals surface area contributed by atoms with Crippen molar-refractivity contribution in [2.75, 3.05) is 13.6 Å². The molecule has 2 N–H and O–H groups in total. The fraction of sp³-hybridized carbons (Fsp3) is 0.938. The molecule has 0 saturated heterocycles. The van der Waals surface area contributed by atoms with Gasteiger partial charge in [0.15, 0.2) is 0 Å². The van der Waals surface area contributed by atoms with Crippen LogP contribution < -0.4 is 10.6 Å². The van der Waals surface area contributed by atoms with Crippen molar-refractivity contribution in [3.05, 3.63) is 0 Å². The molecule has 0 aliphatic heterocycles. The predicted octanol–water partition coefficient (Wildman–Crippen LogP) is 2.56. The van der Waals surface area contributed by atoms with Crippen molar-refractivity contribution >= 4 is 5.91 Å². The van der Waals surface area contributed by atoms with Gasteiger partial charge in [0.2, 0.25) is 5.91 Å². The average molecular weight is 266 g/mol. The summed E-state index contributed by atoms with van der Waals surface area (Å²) in [6.45, 7) is 12.1. The standard InChI is InChI=1S/C16H30N2O/c1-14(2,13(19)17-6)10-18-12-9-11-7-8-16(12,5)15(11,3)4/h11-12,18H,7-10H2,1-6H3,(H,17,19). The third kappa shape index (κ3) is 2.10. The molecule has 2 aliphatic carbocycles. The number of carbonyl (C=O) groups is 1. The smallest absolute Gasteiger partial charge is 0.226 e. The minimum atomic E-state index is -0.336. The van der Waals surface area contributed by atoms with Crippen molar-refractivity contribution in [2.24, 2.45) is 22.2 Å². The highest BCUT2D eigenvalue weighted by atomic mass is 16.2. The predicted molar refractivity (Wildman–Crippen MR) is 78.9 cm³/mol. The molecule has 0 aromatic carbocycles. The Hall–Kier alpha value is -0.570. The molecule has 0 aromatic rings. The van der Waals surface area contributed by atoms with E-state index >= 15 is 0 Å². The first-order chi connectivity index (χ1) is 8.65. The van der Waals surface area contributed by atoms with Crippen molar-refractivity contribution in [1.82, 2.24) is 10.6 Å². The topological polar surface area (TPSA) is 41.1 Å². The molecule has 2 saturated carbocycles. The zero-order chi connectivity index (χ0) is 14.5. The molecule has 0 spiro atoms. The third-order valence-electron chi connectivity index (χ3n) is 6.43. The molecule has 0 heterocycles. The van der Waals surface area contributed by atoms with Crippen LogP contribution in [0.3, 0.4) is 0 Å². The fourth-order valence-corrected chi connectivity index (χ4v) is 4.31. The highest BCUT2D eigenvalue weighted by Crippen LogP contribution is 2.65. The van der Waals surface area contributed by atoms with Gasteiger partial charge in [-0.1, -0.05) is 20.8 Å². The van der Waals surface area contributed by atoms with Crippen molar-refractivity contribution in [2.45, 2.75) is 59.9 Å². The summed E-state index contributed by atoms with van der Waals surface area (Å²) in [5, 5.41) is 6.47. The van der Waals surface area contributed by atoms with Crippen molar-refractivity contribution in [3.63, 3.8) is 0 Å². The molecule has 3 unspecified atom stereocenters. The molecule has 3 heteroatoms. The number of fused-ring (bicyclic) bond motifs is 2. The Labute approximate surface area is 117 Å². The van der Waals surface area contributed by atoms with Crippen LogP contribution in [0.25, 0.3) is 0 Å². The number of hydrogen-bond acceptors (Lipinski definition) is 2. The summed E-state index contributed by atoms with van der Waals surface area (Å²) >= 11 is 0. The maximum Gasteiger partial charge on any atom is 0.226 e. The molecule has 110 valence electrons. The molecular formula is C16H30N2O. The van der Waals surface area contributed by atoms with Crippen LogP contribution in [0.5, 0.6) is 0 Å². The molecule has 1 amide bonds. The van der Waals surface area contributed by atoms with Crippen molar-refractivity contribution in [1.29, 1.82) is 0 Å². The zero-order valence-electron chi connectivity index (χ0n) is 13.4. The highest BCUT2D eigenvalue weighted by Gasteiger charge is 2.61. The lowest BCUT2D eigenvalue weighted by atomic mass is 9.69. The summed E-state index contributed by atoms with van der Waals surface area (Å²) in [5.74, 6) is 0.964. The van der Waals surface area contributed by atoms with Gasteiger partial charge in [-0.05, 0) is 49.9 Å². The van der Waals surface area contributed by atoms with Crippen LogP contribution in [0.4, 0.5) is 0 Å². The van der Waals surface area contributed by atoms with Gasteiger partial charge in [-0.2, -0.15) is 0 Å². The second-order valence-electron chi connectivity index (χ2n) is 8.01.